The van der Waals surface area contributed by atoms with E-state index < -0.39 is 10.0 Å². The first-order valence-electron chi connectivity index (χ1n) is 10.1. The van der Waals surface area contributed by atoms with Gasteiger partial charge in [-0.1, -0.05) is 30.3 Å². The molecular weight excluding hydrogens is 386 g/mol. The molecule has 154 valence electrons. The molecule has 1 N–H and O–H groups in total. The maximum absolute atomic E-state index is 12.8. The van der Waals surface area contributed by atoms with E-state index in [9.17, 15) is 13.2 Å². The summed E-state index contributed by atoms with van der Waals surface area (Å²) in [7, 11) is -1.37. The largest absolute Gasteiger partial charge is 0.373 e. The van der Waals surface area contributed by atoms with Gasteiger partial charge in [-0.25, -0.2) is 13.1 Å². The van der Waals surface area contributed by atoms with Crippen LogP contribution in [0.2, 0.25) is 0 Å². The number of sulfonamides is 1. The fraction of sp³-hybridized carbons (Fsp3) is 0.409. The number of carbonyl (C=O) groups excluding carboxylic acids is 1. The molecular formula is C22H27N3O3S. The molecule has 2 aromatic carbocycles. The van der Waals surface area contributed by atoms with Crippen molar-refractivity contribution in [2.75, 3.05) is 25.0 Å². The van der Waals surface area contributed by atoms with Crippen LogP contribution in [0, 0.1) is 0 Å². The van der Waals surface area contributed by atoms with Gasteiger partial charge in [0, 0.05) is 44.8 Å². The topological polar surface area (TPSA) is 69.7 Å². The fourth-order valence-corrected chi connectivity index (χ4v) is 4.94. The Bertz CT molecular complexity index is 985. The van der Waals surface area contributed by atoms with Gasteiger partial charge in [0.25, 0.3) is 0 Å². The van der Waals surface area contributed by atoms with Crippen molar-refractivity contribution in [1.29, 1.82) is 0 Å². The van der Waals surface area contributed by atoms with E-state index >= 15 is 0 Å². The molecule has 0 unspecified atom stereocenters. The van der Waals surface area contributed by atoms with Crippen molar-refractivity contribution in [1.82, 2.24) is 9.62 Å². The summed E-state index contributed by atoms with van der Waals surface area (Å²) >= 11 is 0. The summed E-state index contributed by atoms with van der Waals surface area (Å²) in [5, 5.41) is 0. The standard InChI is InChI=1S/C22H27N3O3S/c1-24-14-15-25(16-18-4-2-3-5-21(18)24)22(26)13-8-17-6-11-20(12-7-17)29(27,28)23-19-9-10-19/h2-7,11-12,19,23H,8-10,13-16H2,1H3. The second kappa shape index (κ2) is 8.16. The average Bonchev–Trinajstić information content (AvgIpc) is 3.54. The number of para-hydroxylation sites is 1. The second-order valence-corrected chi connectivity index (χ2v) is 9.62. The highest BCUT2D eigenvalue weighted by Gasteiger charge is 2.28. The summed E-state index contributed by atoms with van der Waals surface area (Å²) in [5.74, 6) is 0.127. The summed E-state index contributed by atoms with van der Waals surface area (Å²) in [5.41, 5.74) is 3.31. The Morgan fingerprint density at radius 1 is 1.07 bits per heavy atom. The molecule has 0 spiro atoms. The van der Waals surface area contributed by atoms with Crippen LogP contribution in [0.5, 0.6) is 0 Å². The molecule has 1 aliphatic carbocycles. The van der Waals surface area contributed by atoms with Crippen molar-refractivity contribution in [2.45, 2.75) is 43.2 Å². The highest BCUT2D eigenvalue weighted by Crippen LogP contribution is 2.24. The van der Waals surface area contributed by atoms with E-state index in [1.165, 1.54) is 11.3 Å². The zero-order chi connectivity index (χ0) is 20.4. The third-order valence-corrected chi connectivity index (χ3v) is 7.12. The number of hydrogen-bond donors (Lipinski definition) is 1. The van der Waals surface area contributed by atoms with Crippen molar-refractivity contribution < 1.29 is 13.2 Å². The van der Waals surface area contributed by atoms with Crippen LogP contribution in [-0.4, -0.2) is 45.4 Å². The lowest BCUT2D eigenvalue weighted by atomic mass is 10.1. The van der Waals surface area contributed by atoms with Crippen LogP contribution < -0.4 is 9.62 Å². The van der Waals surface area contributed by atoms with Crippen LogP contribution in [0.15, 0.2) is 53.4 Å². The van der Waals surface area contributed by atoms with Gasteiger partial charge in [-0.2, -0.15) is 0 Å². The van der Waals surface area contributed by atoms with Gasteiger partial charge < -0.3 is 9.80 Å². The van der Waals surface area contributed by atoms with E-state index in [1.54, 1.807) is 24.3 Å². The molecule has 6 nitrogen and oxygen atoms in total. The SMILES string of the molecule is CN1CCN(C(=O)CCc2ccc(S(=O)(=O)NC3CC3)cc2)Cc2ccccc21. The number of rotatable bonds is 6. The molecule has 2 aromatic rings. The molecule has 0 atom stereocenters. The highest BCUT2D eigenvalue weighted by atomic mass is 32.2. The first-order chi connectivity index (χ1) is 13.9. The van der Waals surface area contributed by atoms with Crippen molar-refractivity contribution in [3.05, 3.63) is 59.7 Å². The molecule has 0 radical (unpaired) electrons. The van der Waals surface area contributed by atoms with E-state index in [2.05, 4.69) is 28.8 Å². The summed E-state index contributed by atoms with van der Waals surface area (Å²) in [4.78, 5) is 17.2. The van der Waals surface area contributed by atoms with Crippen molar-refractivity contribution in [3.8, 4) is 0 Å². The number of anilines is 1. The number of fused-ring (bicyclic) bond motifs is 1. The molecule has 1 amide bonds. The van der Waals surface area contributed by atoms with Gasteiger partial charge in [0.2, 0.25) is 15.9 Å². The Balaban J connectivity index is 1.36. The minimum atomic E-state index is -3.43. The van der Waals surface area contributed by atoms with E-state index in [-0.39, 0.29) is 16.8 Å². The lowest BCUT2D eigenvalue weighted by molar-refractivity contribution is -0.131. The monoisotopic (exact) mass is 413 g/mol. The Labute approximate surface area is 172 Å². The molecule has 2 aliphatic rings. The summed E-state index contributed by atoms with van der Waals surface area (Å²) in [6.07, 6.45) is 2.84. The fourth-order valence-electron chi connectivity index (χ4n) is 3.64. The number of hydrogen-bond acceptors (Lipinski definition) is 4. The minimum absolute atomic E-state index is 0.0927. The van der Waals surface area contributed by atoms with E-state index in [4.69, 9.17) is 0 Å². The molecule has 1 aliphatic heterocycles. The maximum Gasteiger partial charge on any atom is 0.240 e. The average molecular weight is 414 g/mol. The molecule has 0 aromatic heterocycles. The number of nitrogens with one attached hydrogen (secondary N) is 1. The summed E-state index contributed by atoms with van der Waals surface area (Å²) in [6.45, 7) is 2.14. The van der Waals surface area contributed by atoms with Gasteiger partial charge in [-0.15, -0.1) is 0 Å². The normalized spacial score (nSPS) is 17.0. The predicted octanol–water partition coefficient (Wildman–Crippen LogP) is 2.54. The van der Waals surface area contributed by atoms with Crippen LogP contribution in [0.4, 0.5) is 5.69 Å². The maximum atomic E-state index is 12.8. The summed E-state index contributed by atoms with van der Waals surface area (Å²) < 4.78 is 27.2. The number of nitrogens with zero attached hydrogens (tertiary/aromatic N) is 2. The predicted molar refractivity (Wildman–Crippen MR) is 113 cm³/mol. The van der Waals surface area contributed by atoms with Gasteiger partial charge >= 0.3 is 0 Å². The number of aryl methyl sites for hydroxylation is 1. The van der Waals surface area contributed by atoms with Gasteiger partial charge in [0.05, 0.1) is 4.90 Å². The highest BCUT2D eigenvalue weighted by molar-refractivity contribution is 7.89. The smallest absolute Gasteiger partial charge is 0.240 e. The number of amides is 1. The zero-order valence-corrected chi connectivity index (χ0v) is 17.5. The first kappa shape index (κ1) is 19.9. The van der Waals surface area contributed by atoms with Crippen molar-refractivity contribution in [3.63, 3.8) is 0 Å². The van der Waals surface area contributed by atoms with E-state index in [1.807, 2.05) is 17.0 Å². The van der Waals surface area contributed by atoms with E-state index in [0.717, 1.165) is 24.9 Å². The van der Waals surface area contributed by atoms with Gasteiger partial charge in [0.1, 0.15) is 0 Å². The van der Waals surface area contributed by atoms with Crippen LogP contribution in [0.1, 0.15) is 30.4 Å². The van der Waals surface area contributed by atoms with Crippen molar-refractivity contribution >= 4 is 21.6 Å². The van der Waals surface area contributed by atoms with Crippen LogP contribution in [0.25, 0.3) is 0 Å². The lowest BCUT2D eigenvalue weighted by Crippen LogP contribution is -2.34. The molecule has 0 saturated heterocycles. The zero-order valence-electron chi connectivity index (χ0n) is 16.7. The minimum Gasteiger partial charge on any atom is -0.373 e. The van der Waals surface area contributed by atoms with E-state index in [0.29, 0.717) is 25.9 Å². The molecule has 0 bridgehead atoms. The molecule has 1 saturated carbocycles. The number of likely N-dealkylation sites (N-methyl/N-ethyl adjacent to an activating group) is 1. The lowest BCUT2D eigenvalue weighted by Gasteiger charge is -2.21. The third kappa shape index (κ3) is 4.79. The molecule has 1 fully saturated rings. The first-order valence-corrected chi connectivity index (χ1v) is 11.6. The molecule has 7 heteroatoms. The van der Waals surface area contributed by atoms with Crippen LogP contribution >= 0.6 is 0 Å². The van der Waals surface area contributed by atoms with Gasteiger partial charge in [-0.05, 0) is 48.6 Å². The second-order valence-electron chi connectivity index (χ2n) is 7.91. The number of carbonyl (C=O) groups is 1. The molecule has 29 heavy (non-hydrogen) atoms. The third-order valence-electron chi connectivity index (χ3n) is 5.58. The summed E-state index contributed by atoms with van der Waals surface area (Å²) in [6, 6.07) is 15.2. The van der Waals surface area contributed by atoms with Crippen LogP contribution in [0.3, 0.4) is 0 Å². The molecule has 1 heterocycles. The van der Waals surface area contributed by atoms with Gasteiger partial charge in [0.15, 0.2) is 0 Å². The quantitative estimate of drug-likeness (QED) is 0.790. The van der Waals surface area contributed by atoms with Crippen molar-refractivity contribution in [2.24, 2.45) is 0 Å². The Kier molecular flexibility index (Phi) is 5.61. The van der Waals surface area contributed by atoms with Gasteiger partial charge in [-0.3, -0.25) is 4.79 Å². The Morgan fingerprint density at radius 2 is 1.79 bits per heavy atom. The Hall–Kier alpha value is -2.38. The molecule has 4 rings (SSSR count). The Morgan fingerprint density at radius 3 is 2.52 bits per heavy atom. The number of benzene rings is 2. The van der Waals surface area contributed by atoms with Crippen LogP contribution in [-0.2, 0) is 27.8 Å².